The molecule has 2 aromatic carbocycles. The first kappa shape index (κ1) is 81.3. The molecule has 8 N–H and O–H groups in total. The summed E-state index contributed by atoms with van der Waals surface area (Å²) in [4.78, 5) is 163. The second-order valence-electron chi connectivity index (χ2n) is 26.0. The number of rotatable bonds is 36. The molecule has 522 valence electrons. The lowest BCUT2D eigenvalue weighted by Crippen LogP contribution is -2.61. The van der Waals surface area contributed by atoms with Gasteiger partial charge in [0, 0.05) is 71.2 Å². The van der Waals surface area contributed by atoms with Gasteiger partial charge in [0.25, 0.3) is 0 Å². The third-order valence-corrected chi connectivity index (χ3v) is 17.4. The molecule has 11 amide bonds. The molecule has 0 unspecified atom stereocenters. The minimum absolute atomic E-state index is 0.0622. The lowest BCUT2D eigenvalue weighted by atomic mass is 9.91. The van der Waals surface area contributed by atoms with Crippen LogP contribution in [0.1, 0.15) is 138 Å². The Morgan fingerprint density at radius 2 is 1.18 bits per heavy atom. The van der Waals surface area contributed by atoms with E-state index in [1.807, 2.05) is 58.9 Å². The Morgan fingerprint density at radius 1 is 0.596 bits per heavy atom. The van der Waals surface area contributed by atoms with E-state index in [0.717, 1.165) is 49.7 Å². The van der Waals surface area contributed by atoms with Gasteiger partial charge in [-0.25, -0.2) is 0 Å². The maximum absolute atomic E-state index is 14.7. The van der Waals surface area contributed by atoms with E-state index in [1.54, 1.807) is 49.1 Å². The van der Waals surface area contributed by atoms with Crippen LogP contribution < -0.4 is 26.6 Å². The summed E-state index contributed by atoms with van der Waals surface area (Å²) in [5.41, 5.74) is 1.60. The number of allylic oxidation sites excluding steroid dienone is 1. The number of likely N-dealkylation sites (tertiary alicyclic amines) is 1. The van der Waals surface area contributed by atoms with Gasteiger partial charge in [-0.05, 0) is 129 Å². The molecule has 0 bridgehead atoms. The predicted octanol–water partition coefficient (Wildman–Crippen LogP) is 2.60. The molecule has 2 aromatic rings. The first-order valence-corrected chi connectivity index (χ1v) is 33.8. The van der Waals surface area contributed by atoms with Gasteiger partial charge in [-0.3, -0.25) is 52.7 Å². The van der Waals surface area contributed by atoms with Crippen molar-refractivity contribution in [3.63, 3.8) is 0 Å². The van der Waals surface area contributed by atoms with Crippen molar-refractivity contribution in [2.45, 2.75) is 200 Å². The average Bonchev–Trinajstić information content (AvgIpc) is 0.856. The van der Waals surface area contributed by atoms with Crippen LogP contribution in [0.2, 0.25) is 0 Å². The summed E-state index contributed by atoms with van der Waals surface area (Å²) < 4.78 is 0.974. The molecule has 0 saturated carbocycles. The van der Waals surface area contributed by atoms with Crippen LogP contribution in [0.4, 0.5) is 0 Å². The van der Waals surface area contributed by atoms with E-state index in [2.05, 4.69) is 49.2 Å². The van der Waals surface area contributed by atoms with Gasteiger partial charge in [-0.15, -0.1) is 0 Å². The Labute approximate surface area is 569 Å². The third kappa shape index (κ3) is 25.6. The minimum Gasteiger partial charge on any atom is -0.424 e. The molecule has 94 heavy (non-hydrogen) atoms. The van der Waals surface area contributed by atoms with Gasteiger partial charge < -0.3 is 71.1 Å². The van der Waals surface area contributed by atoms with Crippen LogP contribution in [-0.4, -0.2) is 232 Å². The van der Waals surface area contributed by atoms with Crippen LogP contribution in [0.25, 0.3) is 0 Å². The maximum Gasteiger partial charge on any atom is 0.480 e. The molecule has 1 heterocycles. The largest absolute Gasteiger partial charge is 0.480 e. The van der Waals surface area contributed by atoms with Crippen molar-refractivity contribution in [2.75, 3.05) is 54.9 Å². The minimum atomic E-state index is -1.69. The number of benzene rings is 2. The van der Waals surface area contributed by atoms with Crippen LogP contribution in [0.15, 0.2) is 66.6 Å². The Bertz CT molecular complexity index is 2900. The van der Waals surface area contributed by atoms with Gasteiger partial charge >= 0.3 is 7.12 Å². The Hall–Kier alpha value is -6.98. The number of aliphatic hydroxyl groups is 1. The van der Waals surface area contributed by atoms with Crippen LogP contribution >= 0.6 is 22.6 Å². The zero-order valence-corrected chi connectivity index (χ0v) is 59.9. The number of nitrogens with one attached hydrogen (secondary N) is 5. The van der Waals surface area contributed by atoms with Gasteiger partial charge in [-0.1, -0.05) is 109 Å². The Balaban J connectivity index is 1.73. The fourth-order valence-corrected chi connectivity index (χ4v) is 11.9. The van der Waals surface area contributed by atoms with E-state index in [9.17, 15) is 57.8 Å². The van der Waals surface area contributed by atoms with Crippen molar-refractivity contribution < 1.29 is 67.9 Å². The molecule has 3 rings (SSSR count). The number of carbonyl (C=O) groups excluding carboxylic acids is 11. The van der Waals surface area contributed by atoms with Crippen LogP contribution in [0.5, 0.6) is 0 Å². The first-order chi connectivity index (χ1) is 44.1. The summed E-state index contributed by atoms with van der Waals surface area (Å²) in [5.74, 6) is -6.48. The lowest BCUT2D eigenvalue weighted by molar-refractivity contribution is -0.153. The van der Waals surface area contributed by atoms with Crippen molar-refractivity contribution in [1.29, 1.82) is 0 Å². The number of aliphatic hydroxyl groups excluding tert-OH is 1. The molecule has 1 aliphatic rings. The summed E-state index contributed by atoms with van der Waals surface area (Å²) in [5, 5.41) is 42.9. The van der Waals surface area contributed by atoms with E-state index in [0.29, 0.717) is 19.5 Å². The van der Waals surface area contributed by atoms with Gasteiger partial charge in [0.15, 0.2) is 0 Å². The van der Waals surface area contributed by atoms with Gasteiger partial charge in [-0.2, -0.15) is 0 Å². The number of piperidine rings is 1. The number of carbonyl (C=O) groups is 11. The lowest BCUT2D eigenvalue weighted by Gasteiger charge is -2.38. The summed E-state index contributed by atoms with van der Waals surface area (Å²) in [6, 6.07) is 6.05. The van der Waals surface area contributed by atoms with Crippen molar-refractivity contribution >= 4 is 94.7 Å². The first-order valence-electron chi connectivity index (χ1n) is 32.7. The predicted molar refractivity (Wildman–Crippen MR) is 367 cm³/mol. The molecule has 27 heteroatoms. The van der Waals surface area contributed by atoms with Crippen LogP contribution in [-0.2, 0) is 65.6 Å². The number of halogens is 1. The van der Waals surface area contributed by atoms with Crippen molar-refractivity contribution in [3.05, 3.63) is 81.3 Å². The van der Waals surface area contributed by atoms with Gasteiger partial charge in [0.1, 0.15) is 54.4 Å². The smallest absolute Gasteiger partial charge is 0.424 e. The van der Waals surface area contributed by atoms with Crippen molar-refractivity contribution in [1.82, 2.24) is 56.0 Å². The molecular formula is C67H105BIN11O14. The standard InChI is InChI=1S/C67H105BIN11O14/c1-16-26-53(61(86)72-50(35-41(2)3)60(85)73-52(39-48-29-25-30-49(69)37-48)64(89)80-33-23-18-24-34-80)77(13)62(87)44(8)70-59(84)45(9)76(12)66(91)57(46(10)81)74-56(83)40-75(11)67(92)58(43(6)7)79(15)65(90)54(36-42(4)5)78(14)63(88)51(38-47-27-19-17-20-28-47)71-55(82)31-21-22-32-68(93)94/h17,19-20,22,25,27-30,32,37,41-46,50-54,57-58,81,93-94H,16,18,21,23-24,26,31,33-36,38-40H2,1-15H3,(H,70,84)(H,71,82)(H,72,86)(H,73,85)(H,74,83)/b32-22+/t44-,45-,46+,50-,51-,52-,53-,54-,57-,58-/m0/s1. The summed E-state index contributed by atoms with van der Waals surface area (Å²) in [6.45, 7) is 17.3. The topological polar surface area (TPSA) is 328 Å². The molecule has 0 radical (unpaired) electrons. The van der Waals surface area contributed by atoms with Gasteiger partial charge in [0.05, 0.1) is 12.6 Å². The average molecular weight is 1430 g/mol. The van der Waals surface area contributed by atoms with E-state index in [-0.39, 0.29) is 62.7 Å². The number of nitrogens with zero attached hydrogens (tertiary/aromatic N) is 6. The SMILES string of the molecule is CCC[C@@H](C(=O)N[C@@H](CC(C)C)C(=O)N[C@@H](Cc1cccc(I)c1)C(=O)N1CCCCC1)N(C)C(=O)[C@H](C)NC(=O)[C@H](C)N(C)C(=O)[C@@H](NC(=O)CN(C)C(=O)[C@H](C(C)C)N(C)C(=O)[C@H](CC(C)C)N(C)C(=O)[C@H](Cc1ccccc1)NC(=O)CC/C=C/B(O)O)[C@@H](C)O. The fourth-order valence-electron chi connectivity index (χ4n) is 11.3. The van der Waals surface area contributed by atoms with Crippen molar-refractivity contribution in [3.8, 4) is 0 Å². The highest BCUT2D eigenvalue weighted by Crippen LogP contribution is 2.22. The second kappa shape index (κ2) is 39.8. The van der Waals surface area contributed by atoms with Crippen molar-refractivity contribution in [2.24, 2.45) is 17.8 Å². The van der Waals surface area contributed by atoms with E-state index >= 15 is 0 Å². The number of hydrogen-bond donors (Lipinski definition) is 8. The molecule has 1 saturated heterocycles. The molecule has 0 aliphatic carbocycles. The fraction of sp³-hybridized carbons (Fsp3) is 0.627. The Kier molecular flexibility index (Phi) is 34.4. The Morgan fingerprint density at radius 3 is 1.74 bits per heavy atom. The molecule has 25 nitrogen and oxygen atoms in total. The maximum atomic E-state index is 14.7. The number of likely N-dealkylation sites (N-methyl/N-ethyl adjacent to an activating group) is 5. The van der Waals surface area contributed by atoms with Gasteiger partial charge in [0.2, 0.25) is 65.0 Å². The number of hydrogen-bond acceptors (Lipinski definition) is 14. The highest BCUT2D eigenvalue weighted by molar-refractivity contribution is 14.1. The third-order valence-electron chi connectivity index (χ3n) is 16.7. The summed E-state index contributed by atoms with van der Waals surface area (Å²) in [6.07, 6.45) is 4.11. The molecular weight excluding hydrogens is 1320 g/mol. The number of amides is 11. The highest BCUT2D eigenvalue weighted by atomic mass is 127. The normalized spacial score (nSPS) is 15.6. The van der Waals surface area contributed by atoms with E-state index < -0.39 is 139 Å². The zero-order valence-electron chi connectivity index (χ0n) is 57.7. The van der Waals surface area contributed by atoms with E-state index in [4.69, 9.17) is 10.0 Å². The zero-order chi connectivity index (χ0) is 70.8. The molecule has 1 fully saturated rings. The van der Waals surface area contributed by atoms with Crippen LogP contribution in [0.3, 0.4) is 0 Å². The monoisotopic (exact) mass is 1430 g/mol. The summed E-state index contributed by atoms with van der Waals surface area (Å²) in [7, 11) is 5.21. The molecule has 0 spiro atoms. The second-order valence-corrected chi connectivity index (χ2v) is 27.2. The highest BCUT2D eigenvalue weighted by Gasteiger charge is 2.41. The quantitative estimate of drug-likeness (QED) is 0.0359. The molecule has 0 aromatic heterocycles. The molecule has 1 aliphatic heterocycles. The summed E-state index contributed by atoms with van der Waals surface area (Å²) >= 11 is 2.20. The van der Waals surface area contributed by atoms with Crippen LogP contribution in [0, 0.1) is 21.3 Å². The molecule has 10 atom stereocenters. The van der Waals surface area contributed by atoms with E-state index in [1.165, 1.54) is 76.8 Å².